The summed E-state index contributed by atoms with van der Waals surface area (Å²) in [6.07, 6.45) is 6.27. The van der Waals surface area contributed by atoms with Crippen molar-refractivity contribution in [2.75, 3.05) is 19.6 Å². The highest BCUT2D eigenvalue weighted by atomic mass is 32.1. The molecule has 1 fully saturated rings. The van der Waals surface area contributed by atoms with Crippen LogP contribution in [-0.2, 0) is 6.42 Å². The third-order valence-corrected chi connectivity index (χ3v) is 5.71. The zero-order valence-electron chi connectivity index (χ0n) is 13.3. The lowest BCUT2D eigenvalue weighted by Gasteiger charge is -2.47. The van der Waals surface area contributed by atoms with Gasteiger partial charge < -0.3 is 5.32 Å². The number of piperazine rings is 1. The molecule has 1 aliphatic rings. The van der Waals surface area contributed by atoms with Gasteiger partial charge in [-0.25, -0.2) is 0 Å². The summed E-state index contributed by atoms with van der Waals surface area (Å²) < 4.78 is 0. The zero-order valence-corrected chi connectivity index (χ0v) is 14.1. The lowest BCUT2D eigenvalue weighted by atomic mass is 9.87. The Hall–Kier alpha value is -0.380. The first-order valence-electron chi connectivity index (χ1n) is 8.23. The fourth-order valence-corrected chi connectivity index (χ4v) is 4.05. The van der Waals surface area contributed by atoms with Gasteiger partial charge in [-0.15, -0.1) is 0 Å². The van der Waals surface area contributed by atoms with Crippen LogP contribution >= 0.6 is 11.3 Å². The van der Waals surface area contributed by atoms with Crippen molar-refractivity contribution in [3.8, 4) is 0 Å². The van der Waals surface area contributed by atoms with Gasteiger partial charge in [-0.2, -0.15) is 11.3 Å². The van der Waals surface area contributed by atoms with Crippen molar-refractivity contribution in [3.63, 3.8) is 0 Å². The second-order valence-electron chi connectivity index (χ2n) is 6.16. The third-order valence-electron chi connectivity index (χ3n) is 4.98. The predicted octanol–water partition coefficient (Wildman–Crippen LogP) is 3.92. The van der Waals surface area contributed by atoms with Crippen LogP contribution in [-0.4, -0.2) is 36.1 Å². The van der Waals surface area contributed by atoms with E-state index in [1.54, 1.807) is 0 Å². The Kier molecular flexibility index (Phi) is 6.06. The topological polar surface area (TPSA) is 15.3 Å². The average Bonchev–Trinajstić information content (AvgIpc) is 3.00. The molecule has 2 heterocycles. The van der Waals surface area contributed by atoms with Crippen molar-refractivity contribution in [2.45, 2.75) is 64.5 Å². The second kappa shape index (κ2) is 7.58. The molecular formula is C17H30N2S. The summed E-state index contributed by atoms with van der Waals surface area (Å²) in [5, 5.41) is 8.34. The molecule has 0 saturated carbocycles. The van der Waals surface area contributed by atoms with Gasteiger partial charge in [0.25, 0.3) is 0 Å². The predicted molar refractivity (Wildman–Crippen MR) is 89.6 cm³/mol. The van der Waals surface area contributed by atoms with Crippen LogP contribution in [0.1, 0.15) is 52.0 Å². The molecule has 1 unspecified atom stereocenters. The molecule has 0 amide bonds. The van der Waals surface area contributed by atoms with E-state index in [4.69, 9.17) is 0 Å². The molecule has 3 heteroatoms. The fraction of sp³-hybridized carbons (Fsp3) is 0.765. The van der Waals surface area contributed by atoms with Gasteiger partial charge in [0, 0.05) is 31.2 Å². The molecule has 1 atom stereocenters. The maximum absolute atomic E-state index is 3.85. The van der Waals surface area contributed by atoms with Crippen LogP contribution in [0.15, 0.2) is 16.8 Å². The molecule has 0 spiro atoms. The van der Waals surface area contributed by atoms with Crippen molar-refractivity contribution >= 4 is 11.3 Å². The van der Waals surface area contributed by atoms with Crippen LogP contribution < -0.4 is 5.32 Å². The zero-order chi connectivity index (χ0) is 14.4. The second-order valence-corrected chi connectivity index (χ2v) is 6.94. The van der Waals surface area contributed by atoms with E-state index in [0.717, 1.165) is 6.04 Å². The normalized spacial score (nSPS) is 23.1. The van der Waals surface area contributed by atoms with E-state index in [1.165, 1.54) is 57.3 Å². The Morgan fingerprint density at radius 3 is 2.75 bits per heavy atom. The largest absolute Gasteiger partial charge is 0.308 e. The molecule has 0 aromatic carbocycles. The van der Waals surface area contributed by atoms with Gasteiger partial charge in [-0.3, -0.25) is 4.90 Å². The van der Waals surface area contributed by atoms with Crippen LogP contribution in [0.5, 0.6) is 0 Å². The van der Waals surface area contributed by atoms with Crippen LogP contribution in [0.3, 0.4) is 0 Å². The molecule has 20 heavy (non-hydrogen) atoms. The maximum Gasteiger partial charge on any atom is 0.0304 e. The summed E-state index contributed by atoms with van der Waals surface area (Å²) in [5.41, 5.74) is 1.85. The molecule has 1 saturated heterocycles. The molecule has 1 N–H and O–H groups in total. The van der Waals surface area contributed by atoms with Crippen LogP contribution in [0.4, 0.5) is 0 Å². The molecule has 1 aromatic rings. The van der Waals surface area contributed by atoms with Crippen molar-refractivity contribution < 1.29 is 0 Å². The minimum Gasteiger partial charge on any atom is -0.308 e. The molecular weight excluding hydrogens is 264 g/mol. The Bertz CT molecular complexity index is 370. The van der Waals surface area contributed by atoms with E-state index < -0.39 is 0 Å². The van der Waals surface area contributed by atoms with E-state index in [-0.39, 0.29) is 0 Å². The lowest BCUT2D eigenvalue weighted by Crippen LogP contribution is -2.64. The molecule has 1 aliphatic heterocycles. The van der Waals surface area contributed by atoms with Gasteiger partial charge in [-0.1, -0.05) is 27.2 Å². The summed E-state index contributed by atoms with van der Waals surface area (Å²) in [6.45, 7) is 10.6. The van der Waals surface area contributed by atoms with Crippen LogP contribution in [0, 0.1) is 0 Å². The first kappa shape index (κ1) is 16.0. The van der Waals surface area contributed by atoms with E-state index in [2.05, 4.69) is 47.8 Å². The quantitative estimate of drug-likeness (QED) is 0.820. The number of nitrogens with one attached hydrogen (secondary N) is 1. The smallest absolute Gasteiger partial charge is 0.0304 e. The highest BCUT2D eigenvalue weighted by molar-refractivity contribution is 7.07. The van der Waals surface area contributed by atoms with Crippen molar-refractivity contribution in [1.82, 2.24) is 10.2 Å². The first-order valence-corrected chi connectivity index (χ1v) is 9.17. The molecule has 0 radical (unpaired) electrons. The highest BCUT2D eigenvalue weighted by Crippen LogP contribution is 2.24. The van der Waals surface area contributed by atoms with Crippen LogP contribution in [0.25, 0.3) is 0 Å². The molecule has 2 nitrogen and oxygen atoms in total. The Morgan fingerprint density at radius 2 is 2.15 bits per heavy atom. The molecule has 114 valence electrons. The monoisotopic (exact) mass is 294 g/mol. The summed E-state index contributed by atoms with van der Waals surface area (Å²) in [4.78, 5) is 2.75. The Labute approximate surface area is 128 Å². The summed E-state index contributed by atoms with van der Waals surface area (Å²) in [6, 6.07) is 3.00. The Morgan fingerprint density at radius 1 is 1.35 bits per heavy atom. The number of hydrogen-bond donors (Lipinski definition) is 1. The molecule has 2 rings (SSSR count). The minimum atomic E-state index is 0.346. The van der Waals surface area contributed by atoms with Gasteiger partial charge in [-0.05, 0) is 48.1 Å². The van der Waals surface area contributed by atoms with Gasteiger partial charge in [0.05, 0.1) is 0 Å². The van der Waals surface area contributed by atoms with Crippen molar-refractivity contribution in [3.05, 3.63) is 22.4 Å². The minimum absolute atomic E-state index is 0.346. The average molecular weight is 295 g/mol. The van der Waals surface area contributed by atoms with Gasteiger partial charge >= 0.3 is 0 Å². The first-order chi connectivity index (χ1) is 9.73. The van der Waals surface area contributed by atoms with Crippen molar-refractivity contribution in [1.29, 1.82) is 0 Å². The number of nitrogens with zero attached hydrogens (tertiary/aromatic N) is 1. The number of hydrogen-bond acceptors (Lipinski definition) is 3. The SMILES string of the molecule is CCCC1CNC(CC)(CC)CN1CCc1ccsc1. The Balaban J connectivity index is 1.98. The summed E-state index contributed by atoms with van der Waals surface area (Å²) >= 11 is 1.82. The van der Waals surface area contributed by atoms with Gasteiger partial charge in [0.1, 0.15) is 0 Å². The standard InChI is InChI=1S/C17H30N2S/c1-4-7-16-12-18-17(5-2,6-3)14-19(16)10-8-15-9-11-20-13-15/h9,11,13,16,18H,4-8,10,12,14H2,1-3H3. The summed E-state index contributed by atoms with van der Waals surface area (Å²) in [5.74, 6) is 0. The number of rotatable bonds is 7. The van der Waals surface area contributed by atoms with E-state index in [1.807, 2.05) is 11.3 Å². The molecule has 0 bridgehead atoms. The van der Waals surface area contributed by atoms with Crippen molar-refractivity contribution in [2.24, 2.45) is 0 Å². The third kappa shape index (κ3) is 3.84. The fourth-order valence-electron chi connectivity index (χ4n) is 3.35. The molecule has 1 aromatic heterocycles. The van der Waals surface area contributed by atoms with E-state index in [9.17, 15) is 0 Å². The molecule has 0 aliphatic carbocycles. The lowest BCUT2D eigenvalue weighted by molar-refractivity contribution is 0.0689. The van der Waals surface area contributed by atoms with Gasteiger partial charge in [0.15, 0.2) is 0 Å². The maximum atomic E-state index is 3.85. The van der Waals surface area contributed by atoms with Gasteiger partial charge in [0.2, 0.25) is 0 Å². The highest BCUT2D eigenvalue weighted by Gasteiger charge is 2.35. The van der Waals surface area contributed by atoms with E-state index in [0.29, 0.717) is 5.54 Å². The van der Waals surface area contributed by atoms with Crippen LogP contribution in [0.2, 0.25) is 0 Å². The van der Waals surface area contributed by atoms with E-state index >= 15 is 0 Å². The number of thiophene rings is 1. The summed E-state index contributed by atoms with van der Waals surface area (Å²) in [7, 11) is 0.